The van der Waals surface area contributed by atoms with Crippen molar-refractivity contribution in [2.24, 2.45) is 0 Å². The number of piperazine rings is 1. The molecule has 5 nitrogen and oxygen atoms in total. The van der Waals surface area contributed by atoms with Crippen LogP contribution in [0.3, 0.4) is 0 Å². The summed E-state index contributed by atoms with van der Waals surface area (Å²) in [5, 5.41) is 0.709. The van der Waals surface area contributed by atoms with E-state index in [9.17, 15) is 8.78 Å². The second kappa shape index (κ2) is 5.99. The van der Waals surface area contributed by atoms with Crippen LogP contribution in [-0.4, -0.2) is 41.1 Å². The Hall–Kier alpha value is -2.83. The molecule has 1 aromatic carbocycles. The predicted octanol–water partition coefficient (Wildman–Crippen LogP) is 2.63. The lowest BCUT2D eigenvalue weighted by atomic mass is 10.2. The van der Waals surface area contributed by atoms with Crippen LogP contribution in [0.1, 0.15) is 0 Å². The highest BCUT2D eigenvalue weighted by atomic mass is 19.1. The highest BCUT2D eigenvalue weighted by molar-refractivity contribution is 5.89. The van der Waals surface area contributed by atoms with E-state index in [4.69, 9.17) is 0 Å². The Bertz CT molecular complexity index is 878. The van der Waals surface area contributed by atoms with Crippen LogP contribution in [-0.2, 0) is 0 Å². The Morgan fingerprint density at radius 1 is 0.833 bits per heavy atom. The SMILES string of the molecule is Fc1ccc2ncnc(N3CCN(c4ccnc(F)c4)CC3)c2c1. The first-order valence-corrected chi connectivity index (χ1v) is 7.72. The number of aromatic nitrogens is 3. The lowest BCUT2D eigenvalue weighted by Gasteiger charge is -2.37. The summed E-state index contributed by atoms with van der Waals surface area (Å²) in [5.41, 5.74) is 1.54. The van der Waals surface area contributed by atoms with Gasteiger partial charge in [0.2, 0.25) is 5.95 Å². The Morgan fingerprint density at radius 2 is 1.62 bits per heavy atom. The maximum Gasteiger partial charge on any atom is 0.214 e. The smallest absolute Gasteiger partial charge is 0.214 e. The summed E-state index contributed by atoms with van der Waals surface area (Å²) in [4.78, 5) is 16.3. The number of anilines is 2. The molecule has 7 heteroatoms. The fourth-order valence-electron chi connectivity index (χ4n) is 3.03. The molecule has 0 atom stereocenters. The van der Waals surface area contributed by atoms with E-state index in [1.807, 2.05) is 0 Å². The third-order valence-electron chi connectivity index (χ3n) is 4.23. The average molecular weight is 327 g/mol. The molecule has 0 bridgehead atoms. The van der Waals surface area contributed by atoms with Crippen LogP contribution in [0.4, 0.5) is 20.3 Å². The Morgan fingerprint density at radius 3 is 2.42 bits per heavy atom. The van der Waals surface area contributed by atoms with Gasteiger partial charge in [0, 0.05) is 49.5 Å². The highest BCUT2D eigenvalue weighted by Crippen LogP contribution is 2.25. The van der Waals surface area contributed by atoms with Crippen LogP contribution in [0.5, 0.6) is 0 Å². The third-order valence-corrected chi connectivity index (χ3v) is 4.23. The number of pyridine rings is 1. The summed E-state index contributed by atoms with van der Waals surface area (Å²) in [6.07, 6.45) is 2.97. The first-order valence-electron chi connectivity index (χ1n) is 7.72. The number of benzene rings is 1. The van der Waals surface area contributed by atoms with Crippen molar-refractivity contribution in [3.63, 3.8) is 0 Å². The fraction of sp³-hybridized carbons (Fsp3) is 0.235. The first kappa shape index (κ1) is 14.7. The molecule has 2 aromatic heterocycles. The monoisotopic (exact) mass is 327 g/mol. The summed E-state index contributed by atoms with van der Waals surface area (Å²) in [7, 11) is 0. The lowest BCUT2D eigenvalue weighted by molar-refractivity contribution is 0.580. The third kappa shape index (κ3) is 2.73. The van der Waals surface area contributed by atoms with Gasteiger partial charge < -0.3 is 9.80 Å². The maximum atomic E-state index is 13.6. The molecule has 0 N–H and O–H groups in total. The molecule has 1 aliphatic rings. The highest BCUT2D eigenvalue weighted by Gasteiger charge is 2.20. The van der Waals surface area contributed by atoms with Crippen LogP contribution in [0, 0.1) is 11.8 Å². The summed E-state index contributed by atoms with van der Waals surface area (Å²) in [6, 6.07) is 7.76. The zero-order chi connectivity index (χ0) is 16.5. The van der Waals surface area contributed by atoms with Crippen LogP contribution in [0.15, 0.2) is 42.9 Å². The van der Waals surface area contributed by atoms with Gasteiger partial charge in [-0.2, -0.15) is 4.39 Å². The maximum absolute atomic E-state index is 13.6. The van der Waals surface area contributed by atoms with E-state index < -0.39 is 5.95 Å². The second-order valence-corrected chi connectivity index (χ2v) is 5.67. The van der Waals surface area contributed by atoms with Gasteiger partial charge in [-0.1, -0.05) is 0 Å². The van der Waals surface area contributed by atoms with Crippen LogP contribution in [0.2, 0.25) is 0 Å². The number of halogens is 2. The zero-order valence-corrected chi connectivity index (χ0v) is 12.9. The van der Waals surface area contributed by atoms with Gasteiger partial charge in [-0.25, -0.2) is 19.3 Å². The van der Waals surface area contributed by atoms with Crippen molar-refractivity contribution in [2.45, 2.75) is 0 Å². The van der Waals surface area contributed by atoms with E-state index in [0.29, 0.717) is 18.5 Å². The minimum absolute atomic E-state index is 0.301. The van der Waals surface area contributed by atoms with Crippen LogP contribution >= 0.6 is 0 Å². The van der Waals surface area contributed by atoms with Gasteiger partial charge in [-0.3, -0.25) is 0 Å². The number of fused-ring (bicyclic) bond motifs is 1. The van der Waals surface area contributed by atoms with E-state index in [0.717, 1.165) is 30.1 Å². The van der Waals surface area contributed by atoms with Crippen molar-refractivity contribution in [1.29, 1.82) is 0 Å². The van der Waals surface area contributed by atoms with E-state index in [1.54, 1.807) is 12.1 Å². The number of rotatable bonds is 2. The molecular formula is C17H15F2N5. The normalized spacial score (nSPS) is 15.1. The van der Waals surface area contributed by atoms with E-state index in [2.05, 4.69) is 24.8 Å². The molecule has 0 radical (unpaired) electrons. The van der Waals surface area contributed by atoms with Crippen LogP contribution in [0.25, 0.3) is 10.9 Å². The van der Waals surface area contributed by atoms with Gasteiger partial charge >= 0.3 is 0 Å². The summed E-state index contributed by atoms with van der Waals surface area (Å²) >= 11 is 0. The van der Waals surface area contributed by atoms with Crippen molar-refractivity contribution in [3.05, 3.63) is 54.6 Å². The molecule has 3 heterocycles. The molecule has 0 aliphatic carbocycles. The molecular weight excluding hydrogens is 312 g/mol. The van der Waals surface area contributed by atoms with Gasteiger partial charge in [0.05, 0.1) is 5.52 Å². The standard InChI is InChI=1S/C17H15F2N5/c18-12-1-2-15-14(9-12)17(22-11-21-15)24-7-5-23(6-8-24)13-3-4-20-16(19)10-13/h1-4,9-11H,5-8H2. The Balaban J connectivity index is 1.57. The fourth-order valence-corrected chi connectivity index (χ4v) is 3.03. The predicted molar refractivity (Wildman–Crippen MR) is 88.1 cm³/mol. The molecule has 122 valence electrons. The molecule has 1 fully saturated rings. The van der Waals surface area contributed by atoms with E-state index >= 15 is 0 Å². The van der Waals surface area contributed by atoms with Gasteiger partial charge in [0.15, 0.2) is 0 Å². The van der Waals surface area contributed by atoms with Crippen molar-refractivity contribution in [3.8, 4) is 0 Å². The first-order chi connectivity index (χ1) is 11.7. The zero-order valence-electron chi connectivity index (χ0n) is 12.9. The topological polar surface area (TPSA) is 45.2 Å². The van der Waals surface area contributed by atoms with E-state index in [1.165, 1.54) is 30.7 Å². The summed E-state index contributed by atoms with van der Waals surface area (Å²) < 4.78 is 26.9. The number of nitrogens with zero attached hydrogens (tertiary/aromatic N) is 5. The molecule has 0 amide bonds. The van der Waals surface area contributed by atoms with Gasteiger partial charge in [0.1, 0.15) is 18.0 Å². The molecule has 24 heavy (non-hydrogen) atoms. The molecule has 0 spiro atoms. The van der Waals surface area contributed by atoms with Gasteiger partial charge in [-0.15, -0.1) is 0 Å². The molecule has 3 aromatic rings. The number of hydrogen-bond acceptors (Lipinski definition) is 5. The Kier molecular flexibility index (Phi) is 3.68. The molecule has 1 aliphatic heterocycles. The quantitative estimate of drug-likeness (QED) is 0.677. The van der Waals surface area contributed by atoms with Crippen LogP contribution < -0.4 is 9.80 Å². The van der Waals surface area contributed by atoms with Crippen molar-refractivity contribution in [1.82, 2.24) is 15.0 Å². The van der Waals surface area contributed by atoms with Crippen molar-refractivity contribution < 1.29 is 8.78 Å². The largest absolute Gasteiger partial charge is 0.368 e. The number of hydrogen-bond donors (Lipinski definition) is 0. The molecule has 4 rings (SSSR count). The van der Waals surface area contributed by atoms with Crippen molar-refractivity contribution >= 4 is 22.4 Å². The molecule has 1 saturated heterocycles. The minimum Gasteiger partial charge on any atom is -0.368 e. The molecule has 0 saturated carbocycles. The lowest BCUT2D eigenvalue weighted by Crippen LogP contribution is -2.47. The summed E-state index contributed by atoms with van der Waals surface area (Å²) in [5.74, 6) is -0.0447. The van der Waals surface area contributed by atoms with Crippen molar-refractivity contribution in [2.75, 3.05) is 36.0 Å². The average Bonchev–Trinajstić information content (AvgIpc) is 2.61. The van der Waals surface area contributed by atoms with E-state index in [-0.39, 0.29) is 5.82 Å². The van der Waals surface area contributed by atoms with Gasteiger partial charge in [0.25, 0.3) is 0 Å². The van der Waals surface area contributed by atoms with Gasteiger partial charge in [-0.05, 0) is 24.3 Å². The minimum atomic E-state index is -0.479. The summed E-state index contributed by atoms with van der Waals surface area (Å²) in [6.45, 7) is 2.88. The Labute approximate surface area is 137 Å². The second-order valence-electron chi connectivity index (χ2n) is 5.67. The molecule has 0 unspecified atom stereocenters.